The van der Waals surface area contributed by atoms with Crippen molar-refractivity contribution in [2.45, 2.75) is 43.5 Å². The molecule has 0 fully saturated rings. The first-order valence-corrected chi connectivity index (χ1v) is 11.7. The van der Waals surface area contributed by atoms with Crippen LogP contribution in [0.15, 0.2) is 28.2 Å². The maximum Gasteiger partial charge on any atom is 0.267 e. The van der Waals surface area contributed by atoms with Gasteiger partial charge in [-0.25, -0.2) is 4.98 Å². The highest BCUT2D eigenvalue weighted by atomic mass is 35.5. The summed E-state index contributed by atoms with van der Waals surface area (Å²) in [6.07, 6.45) is 2.87. The van der Waals surface area contributed by atoms with E-state index in [1.807, 2.05) is 0 Å². The summed E-state index contributed by atoms with van der Waals surface area (Å²) in [5.41, 5.74) is 6.90. The molecule has 1 aromatic carbocycles. The number of thiophene rings is 1. The highest BCUT2D eigenvalue weighted by Gasteiger charge is 2.27. The minimum Gasteiger partial charge on any atom is -0.495 e. The number of hydrogen-bond acceptors (Lipinski definition) is 6. The Kier molecular flexibility index (Phi) is 5.83. The lowest BCUT2D eigenvalue weighted by atomic mass is 9.89. The number of aromatic nitrogens is 2. The molecule has 4 rings (SSSR count). The standard InChI is InChI=1S/C21H22ClN3O3S2/c1-10-4-6-13-16(8-10)30-19-17(13)20(27)25(21(24-19)29-11(2)18(23)26)14-9-12(22)5-7-15(14)28-3/h5,7,9-11H,4,6,8H2,1-3H3,(H2,23,26)/t10-,11-/m0/s1. The normalized spacial score (nSPS) is 17.0. The smallest absolute Gasteiger partial charge is 0.267 e. The van der Waals surface area contributed by atoms with Crippen molar-refractivity contribution in [1.29, 1.82) is 0 Å². The molecule has 1 amide bonds. The first-order valence-electron chi connectivity index (χ1n) is 9.67. The molecule has 2 heterocycles. The van der Waals surface area contributed by atoms with E-state index in [1.54, 1.807) is 36.5 Å². The SMILES string of the molecule is COc1ccc(Cl)cc1-n1c(S[C@@H](C)C(N)=O)nc2sc3c(c2c1=O)CC[C@H](C)C3. The van der Waals surface area contributed by atoms with Crippen LogP contribution in [0, 0.1) is 5.92 Å². The number of rotatable bonds is 5. The number of carbonyl (C=O) groups is 1. The van der Waals surface area contributed by atoms with E-state index in [9.17, 15) is 9.59 Å². The monoisotopic (exact) mass is 463 g/mol. The van der Waals surface area contributed by atoms with Gasteiger partial charge < -0.3 is 10.5 Å². The molecule has 0 aliphatic heterocycles. The number of primary amides is 1. The number of hydrogen-bond donors (Lipinski definition) is 1. The second-order valence-corrected chi connectivity index (χ2v) is 10.4. The number of thioether (sulfide) groups is 1. The molecule has 0 spiro atoms. The first-order chi connectivity index (χ1) is 14.3. The minimum absolute atomic E-state index is 0.174. The Hall–Kier alpha value is -2.03. The van der Waals surface area contributed by atoms with Crippen molar-refractivity contribution >= 4 is 50.8 Å². The summed E-state index contributed by atoms with van der Waals surface area (Å²) in [5, 5.41) is 0.962. The average Bonchev–Trinajstić information content (AvgIpc) is 3.05. The average molecular weight is 464 g/mol. The van der Waals surface area contributed by atoms with E-state index >= 15 is 0 Å². The fourth-order valence-electron chi connectivity index (χ4n) is 3.72. The number of nitrogens with zero attached hydrogens (tertiary/aromatic N) is 2. The van der Waals surface area contributed by atoms with Crippen LogP contribution in [0.3, 0.4) is 0 Å². The van der Waals surface area contributed by atoms with Crippen LogP contribution < -0.4 is 16.0 Å². The predicted molar refractivity (Wildman–Crippen MR) is 122 cm³/mol. The maximum atomic E-state index is 13.8. The largest absolute Gasteiger partial charge is 0.495 e. The van der Waals surface area contributed by atoms with Gasteiger partial charge in [0.2, 0.25) is 5.91 Å². The van der Waals surface area contributed by atoms with Crippen LogP contribution in [0.4, 0.5) is 0 Å². The second-order valence-electron chi connectivity index (χ2n) is 7.55. The Labute approximate surface area is 187 Å². The van der Waals surface area contributed by atoms with Gasteiger partial charge in [-0.05, 0) is 55.9 Å². The van der Waals surface area contributed by atoms with E-state index < -0.39 is 11.2 Å². The van der Waals surface area contributed by atoms with E-state index in [0.29, 0.717) is 37.8 Å². The van der Waals surface area contributed by atoms with Crippen molar-refractivity contribution in [3.05, 3.63) is 44.0 Å². The summed E-state index contributed by atoms with van der Waals surface area (Å²) in [6.45, 7) is 3.93. The predicted octanol–water partition coefficient (Wildman–Crippen LogP) is 4.20. The van der Waals surface area contributed by atoms with Crippen molar-refractivity contribution in [3.8, 4) is 11.4 Å². The topological polar surface area (TPSA) is 87.2 Å². The summed E-state index contributed by atoms with van der Waals surface area (Å²) in [5.74, 6) is 0.608. The molecular formula is C21H22ClN3O3S2. The molecule has 2 aromatic heterocycles. The minimum atomic E-state index is -0.555. The quantitative estimate of drug-likeness (QED) is 0.452. The Balaban J connectivity index is 2.03. The molecule has 158 valence electrons. The lowest BCUT2D eigenvalue weighted by Crippen LogP contribution is -2.27. The lowest BCUT2D eigenvalue weighted by Gasteiger charge is -2.18. The van der Waals surface area contributed by atoms with Gasteiger partial charge in [0.05, 0.1) is 23.4 Å². The Morgan fingerprint density at radius 1 is 1.47 bits per heavy atom. The fraction of sp³-hybridized carbons (Fsp3) is 0.381. The Morgan fingerprint density at radius 3 is 2.93 bits per heavy atom. The molecule has 0 bridgehead atoms. The van der Waals surface area contributed by atoms with Crippen LogP contribution in [0.1, 0.15) is 30.7 Å². The number of aryl methyl sites for hydroxylation is 1. The van der Waals surface area contributed by atoms with Gasteiger partial charge in [-0.15, -0.1) is 11.3 Å². The Morgan fingerprint density at radius 2 is 2.23 bits per heavy atom. The van der Waals surface area contributed by atoms with Crippen molar-refractivity contribution in [3.63, 3.8) is 0 Å². The van der Waals surface area contributed by atoms with E-state index in [-0.39, 0.29) is 5.56 Å². The molecule has 1 aliphatic carbocycles. The molecule has 3 aromatic rings. The van der Waals surface area contributed by atoms with Crippen LogP contribution in [0.5, 0.6) is 5.75 Å². The van der Waals surface area contributed by atoms with Gasteiger partial charge in [0.15, 0.2) is 5.16 Å². The van der Waals surface area contributed by atoms with Gasteiger partial charge in [-0.3, -0.25) is 14.2 Å². The molecule has 2 atom stereocenters. The van der Waals surface area contributed by atoms with Crippen molar-refractivity contribution in [2.24, 2.45) is 11.7 Å². The summed E-state index contributed by atoms with van der Waals surface area (Å²) in [4.78, 5) is 32.2. The van der Waals surface area contributed by atoms with Crippen LogP contribution in [0.2, 0.25) is 5.02 Å². The van der Waals surface area contributed by atoms with Gasteiger partial charge in [-0.1, -0.05) is 30.3 Å². The zero-order valence-corrected chi connectivity index (χ0v) is 19.3. The molecule has 1 aliphatic rings. The molecule has 30 heavy (non-hydrogen) atoms. The summed E-state index contributed by atoms with van der Waals surface area (Å²) >= 11 is 8.97. The molecule has 0 saturated heterocycles. The third-order valence-electron chi connectivity index (χ3n) is 5.36. The Bertz CT molecular complexity index is 1200. The van der Waals surface area contributed by atoms with Crippen molar-refractivity contribution in [1.82, 2.24) is 9.55 Å². The van der Waals surface area contributed by atoms with E-state index in [2.05, 4.69) is 6.92 Å². The molecule has 2 N–H and O–H groups in total. The highest BCUT2D eigenvalue weighted by Crippen LogP contribution is 2.38. The van der Waals surface area contributed by atoms with Crippen molar-refractivity contribution in [2.75, 3.05) is 7.11 Å². The zero-order chi connectivity index (χ0) is 21.6. The van der Waals surface area contributed by atoms with Gasteiger partial charge in [0, 0.05) is 9.90 Å². The molecule has 6 nitrogen and oxygen atoms in total. The number of amides is 1. The van der Waals surface area contributed by atoms with Gasteiger partial charge in [0.1, 0.15) is 10.6 Å². The van der Waals surface area contributed by atoms with Crippen LogP contribution in [-0.2, 0) is 17.6 Å². The van der Waals surface area contributed by atoms with E-state index in [0.717, 1.165) is 36.6 Å². The number of fused-ring (bicyclic) bond motifs is 3. The molecule has 0 saturated carbocycles. The third kappa shape index (κ3) is 3.72. The number of ether oxygens (including phenoxy) is 1. The van der Waals surface area contributed by atoms with E-state index in [1.165, 1.54) is 16.6 Å². The number of halogens is 1. The van der Waals surface area contributed by atoms with Crippen LogP contribution in [0.25, 0.3) is 15.9 Å². The number of carbonyl (C=O) groups excluding carboxylic acids is 1. The van der Waals surface area contributed by atoms with Gasteiger partial charge >= 0.3 is 0 Å². The highest BCUT2D eigenvalue weighted by molar-refractivity contribution is 8.00. The summed E-state index contributed by atoms with van der Waals surface area (Å²) in [6, 6.07) is 5.09. The van der Waals surface area contributed by atoms with Gasteiger partial charge in [0.25, 0.3) is 5.56 Å². The molecule has 9 heteroatoms. The third-order valence-corrected chi connectivity index (χ3v) is 7.82. The number of benzene rings is 1. The zero-order valence-electron chi connectivity index (χ0n) is 16.9. The van der Waals surface area contributed by atoms with Crippen LogP contribution in [-0.4, -0.2) is 27.8 Å². The van der Waals surface area contributed by atoms with Gasteiger partial charge in [-0.2, -0.15) is 0 Å². The summed E-state index contributed by atoms with van der Waals surface area (Å²) in [7, 11) is 1.54. The molecular weight excluding hydrogens is 442 g/mol. The lowest BCUT2D eigenvalue weighted by molar-refractivity contribution is -0.117. The van der Waals surface area contributed by atoms with E-state index in [4.69, 9.17) is 27.1 Å². The molecule has 0 radical (unpaired) electrons. The number of methoxy groups -OCH3 is 1. The van der Waals surface area contributed by atoms with Crippen LogP contribution >= 0.6 is 34.7 Å². The summed E-state index contributed by atoms with van der Waals surface area (Å²) < 4.78 is 7.00. The second kappa shape index (κ2) is 8.24. The molecule has 0 unspecified atom stereocenters. The fourth-order valence-corrected chi connectivity index (χ4v) is 6.18. The first kappa shape index (κ1) is 21.2. The van der Waals surface area contributed by atoms with Crippen molar-refractivity contribution < 1.29 is 9.53 Å². The maximum absolute atomic E-state index is 13.8. The number of nitrogens with two attached hydrogens (primary N) is 1.